The van der Waals surface area contributed by atoms with E-state index in [4.69, 9.17) is 15.0 Å². The van der Waals surface area contributed by atoms with Crippen molar-refractivity contribution in [2.75, 3.05) is 19.4 Å². The van der Waals surface area contributed by atoms with Crippen LogP contribution in [0.4, 0.5) is 0 Å². The average molecular weight is 202 g/mol. The minimum Gasteiger partial charge on any atom is -0.377 e. The summed E-state index contributed by atoms with van der Waals surface area (Å²) in [6.45, 7) is 1.18. The number of hydrogen-bond donors (Lipinski definition) is 1. The molecule has 4 nitrogen and oxygen atoms in total. The maximum atomic E-state index is 5.36. The van der Waals surface area contributed by atoms with Crippen LogP contribution in [0.2, 0.25) is 0 Å². The Morgan fingerprint density at radius 3 is 3.23 bits per heavy atom. The van der Waals surface area contributed by atoms with E-state index in [-0.39, 0.29) is 0 Å². The number of methoxy groups -OCH3 is 1. The number of nitrogens with two attached hydrogens (primary N) is 1. The van der Waals surface area contributed by atoms with Crippen molar-refractivity contribution in [3.63, 3.8) is 0 Å². The summed E-state index contributed by atoms with van der Waals surface area (Å²) in [5, 5.41) is 3.89. The largest absolute Gasteiger partial charge is 0.377 e. The van der Waals surface area contributed by atoms with Crippen molar-refractivity contribution in [1.82, 2.24) is 5.16 Å². The van der Waals surface area contributed by atoms with E-state index in [0.29, 0.717) is 13.2 Å². The number of thioether (sulfide) groups is 1. The van der Waals surface area contributed by atoms with E-state index in [1.165, 1.54) is 0 Å². The first kappa shape index (κ1) is 10.6. The van der Waals surface area contributed by atoms with Gasteiger partial charge >= 0.3 is 0 Å². The van der Waals surface area contributed by atoms with E-state index >= 15 is 0 Å². The lowest BCUT2D eigenvalue weighted by molar-refractivity contribution is 0.156. The molecule has 0 atom stereocenters. The molecule has 1 rings (SSSR count). The van der Waals surface area contributed by atoms with Crippen molar-refractivity contribution < 1.29 is 9.26 Å². The molecule has 0 radical (unpaired) electrons. The van der Waals surface area contributed by atoms with E-state index < -0.39 is 0 Å². The van der Waals surface area contributed by atoms with Gasteiger partial charge in [0.05, 0.1) is 5.69 Å². The molecule has 13 heavy (non-hydrogen) atoms. The van der Waals surface area contributed by atoms with Crippen molar-refractivity contribution in [3.05, 3.63) is 17.5 Å². The molecule has 0 bridgehead atoms. The van der Waals surface area contributed by atoms with Crippen LogP contribution in [0.25, 0.3) is 0 Å². The van der Waals surface area contributed by atoms with Crippen molar-refractivity contribution in [2.24, 2.45) is 5.73 Å². The van der Waals surface area contributed by atoms with Gasteiger partial charge in [-0.3, -0.25) is 0 Å². The van der Waals surface area contributed by atoms with Gasteiger partial charge in [0.2, 0.25) is 0 Å². The highest BCUT2D eigenvalue weighted by Gasteiger charge is 2.02. The molecule has 0 spiro atoms. The van der Waals surface area contributed by atoms with Gasteiger partial charge in [-0.1, -0.05) is 5.16 Å². The summed E-state index contributed by atoms with van der Waals surface area (Å²) in [6.07, 6.45) is 0. The van der Waals surface area contributed by atoms with E-state index in [2.05, 4.69) is 5.16 Å². The van der Waals surface area contributed by atoms with Crippen LogP contribution in [0.15, 0.2) is 10.6 Å². The lowest BCUT2D eigenvalue weighted by Crippen LogP contribution is -2.01. The van der Waals surface area contributed by atoms with Crippen molar-refractivity contribution in [2.45, 2.75) is 12.4 Å². The molecule has 74 valence electrons. The minimum atomic E-state index is 0.481. The highest BCUT2D eigenvalue weighted by molar-refractivity contribution is 7.98. The third-order valence-electron chi connectivity index (χ3n) is 1.41. The summed E-state index contributed by atoms with van der Waals surface area (Å²) >= 11 is 1.75. The second kappa shape index (κ2) is 6.01. The molecule has 1 aromatic rings. The molecule has 0 aliphatic carbocycles. The highest BCUT2D eigenvalue weighted by Crippen LogP contribution is 2.12. The molecule has 5 heteroatoms. The van der Waals surface area contributed by atoms with Crippen molar-refractivity contribution in [3.8, 4) is 0 Å². The van der Waals surface area contributed by atoms with Crippen LogP contribution < -0.4 is 5.73 Å². The Hall–Kier alpha value is -0.520. The van der Waals surface area contributed by atoms with Crippen LogP contribution >= 0.6 is 11.8 Å². The zero-order chi connectivity index (χ0) is 9.52. The van der Waals surface area contributed by atoms with E-state index in [0.717, 1.165) is 23.0 Å². The first-order valence-corrected chi connectivity index (χ1v) is 5.23. The third kappa shape index (κ3) is 3.80. The summed E-state index contributed by atoms with van der Waals surface area (Å²) in [6, 6.07) is 1.91. The zero-order valence-corrected chi connectivity index (χ0v) is 8.47. The predicted octanol–water partition coefficient (Wildman–Crippen LogP) is 1.01. The highest BCUT2D eigenvalue weighted by atomic mass is 32.2. The fourth-order valence-corrected chi connectivity index (χ4v) is 1.55. The first-order valence-electron chi connectivity index (χ1n) is 4.08. The Balaban J connectivity index is 2.31. The Labute approximate surface area is 81.8 Å². The van der Waals surface area contributed by atoms with E-state index in [9.17, 15) is 0 Å². The Morgan fingerprint density at radius 1 is 1.69 bits per heavy atom. The van der Waals surface area contributed by atoms with Gasteiger partial charge < -0.3 is 15.0 Å². The standard InChI is InChI=1S/C8H14N2O2S/c1-11-5-8-4-7(10-12-8)6-13-3-2-9/h4H,2-3,5-6,9H2,1H3. The van der Waals surface area contributed by atoms with Crippen LogP contribution in [0, 0.1) is 0 Å². The molecule has 0 aliphatic heterocycles. The lowest BCUT2D eigenvalue weighted by Gasteiger charge is -1.92. The van der Waals surface area contributed by atoms with Crippen LogP contribution in [0.3, 0.4) is 0 Å². The minimum absolute atomic E-state index is 0.481. The molecular formula is C8H14N2O2S. The number of nitrogens with zero attached hydrogens (tertiary/aromatic N) is 1. The molecule has 0 aliphatic rings. The number of aromatic nitrogens is 1. The number of hydrogen-bond acceptors (Lipinski definition) is 5. The normalized spacial score (nSPS) is 10.6. The fraction of sp³-hybridized carbons (Fsp3) is 0.625. The molecule has 0 fully saturated rings. The SMILES string of the molecule is COCc1cc(CSCCN)no1. The maximum absolute atomic E-state index is 5.36. The molecule has 1 aromatic heterocycles. The van der Waals surface area contributed by atoms with Gasteiger partial charge in [0.15, 0.2) is 5.76 Å². The van der Waals surface area contributed by atoms with E-state index in [1.807, 2.05) is 6.07 Å². The second-order valence-electron chi connectivity index (χ2n) is 2.56. The van der Waals surface area contributed by atoms with Crippen LogP contribution in [-0.2, 0) is 17.1 Å². The van der Waals surface area contributed by atoms with Crippen LogP contribution in [-0.4, -0.2) is 24.6 Å². The van der Waals surface area contributed by atoms with Gasteiger partial charge in [0.1, 0.15) is 6.61 Å². The summed E-state index contributed by atoms with van der Waals surface area (Å²) in [4.78, 5) is 0. The van der Waals surface area contributed by atoms with Gasteiger partial charge in [-0.2, -0.15) is 11.8 Å². The average Bonchev–Trinajstić information content (AvgIpc) is 2.54. The Kier molecular flexibility index (Phi) is 4.88. The second-order valence-corrected chi connectivity index (χ2v) is 3.66. The molecule has 2 N–H and O–H groups in total. The molecule has 0 aromatic carbocycles. The fourth-order valence-electron chi connectivity index (χ4n) is 0.894. The zero-order valence-electron chi connectivity index (χ0n) is 7.66. The van der Waals surface area contributed by atoms with Gasteiger partial charge in [-0.05, 0) is 0 Å². The topological polar surface area (TPSA) is 61.3 Å². The molecule has 1 heterocycles. The summed E-state index contributed by atoms with van der Waals surface area (Å²) in [5.74, 6) is 2.57. The molecule has 0 amide bonds. The molecule has 0 saturated carbocycles. The Morgan fingerprint density at radius 2 is 2.54 bits per heavy atom. The molecule has 0 saturated heterocycles. The van der Waals surface area contributed by atoms with Gasteiger partial charge in [-0.25, -0.2) is 0 Å². The van der Waals surface area contributed by atoms with Gasteiger partial charge in [0, 0.05) is 31.2 Å². The smallest absolute Gasteiger partial charge is 0.162 e. The third-order valence-corrected chi connectivity index (χ3v) is 2.43. The monoisotopic (exact) mass is 202 g/mol. The van der Waals surface area contributed by atoms with Crippen molar-refractivity contribution in [1.29, 1.82) is 0 Å². The van der Waals surface area contributed by atoms with Crippen LogP contribution in [0.5, 0.6) is 0 Å². The van der Waals surface area contributed by atoms with Gasteiger partial charge in [-0.15, -0.1) is 0 Å². The van der Waals surface area contributed by atoms with Gasteiger partial charge in [0.25, 0.3) is 0 Å². The molecular weight excluding hydrogens is 188 g/mol. The Bertz CT molecular complexity index is 240. The summed E-state index contributed by atoms with van der Waals surface area (Å²) < 4.78 is 9.92. The number of ether oxygens (including phenoxy) is 1. The lowest BCUT2D eigenvalue weighted by atomic mass is 10.4. The molecule has 0 unspecified atom stereocenters. The summed E-state index contributed by atoms with van der Waals surface area (Å²) in [7, 11) is 1.63. The predicted molar refractivity (Wildman–Crippen MR) is 52.4 cm³/mol. The van der Waals surface area contributed by atoms with Crippen molar-refractivity contribution >= 4 is 11.8 Å². The first-order chi connectivity index (χ1) is 6.36. The maximum Gasteiger partial charge on any atom is 0.162 e. The quantitative estimate of drug-likeness (QED) is 0.698. The summed E-state index contributed by atoms with van der Waals surface area (Å²) in [5.41, 5.74) is 6.31. The van der Waals surface area contributed by atoms with Crippen LogP contribution in [0.1, 0.15) is 11.5 Å². The van der Waals surface area contributed by atoms with E-state index in [1.54, 1.807) is 18.9 Å². The number of rotatable bonds is 6.